The lowest BCUT2D eigenvalue weighted by Crippen LogP contribution is -2.05. The van der Waals surface area contributed by atoms with Gasteiger partial charge in [0.2, 0.25) is 0 Å². The number of unbranched alkanes of at least 4 members (excludes halogenated alkanes) is 3. The lowest BCUT2D eigenvalue weighted by Gasteiger charge is -2.14. The molecular formula is C16H24N2S. The number of rotatable bonds is 6. The van der Waals surface area contributed by atoms with Crippen molar-refractivity contribution < 1.29 is 0 Å². The molecule has 19 heavy (non-hydrogen) atoms. The van der Waals surface area contributed by atoms with Crippen molar-refractivity contribution in [1.82, 2.24) is 9.55 Å². The first-order chi connectivity index (χ1) is 9.15. The van der Waals surface area contributed by atoms with Gasteiger partial charge in [0.1, 0.15) is 0 Å². The molecule has 104 valence electrons. The summed E-state index contributed by atoms with van der Waals surface area (Å²) in [5, 5.41) is 0. The fourth-order valence-corrected chi connectivity index (χ4v) is 3.11. The number of benzene rings is 1. The summed E-state index contributed by atoms with van der Waals surface area (Å²) >= 11 is 5.50. The molecule has 1 aromatic heterocycles. The first-order valence-electron chi connectivity index (χ1n) is 7.35. The first-order valence-corrected chi connectivity index (χ1v) is 7.75. The van der Waals surface area contributed by atoms with E-state index in [1.807, 2.05) is 0 Å². The monoisotopic (exact) mass is 276 g/mol. The Morgan fingerprint density at radius 3 is 2.79 bits per heavy atom. The normalized spacial score (nSPS) is 13.0. The fraction of sp³-hybridized carbons (Fsp3) is 0.562. The highest BCUT2D eigenvalue weighted by atomic mass is 32.1. The van der Waals surface area contributed by atoms with Crippen molar-refractivity contribution in [3.63, 3.8) is 0 Å². The summed E-state index contributed by atoms with van der Waals surface area (Å²) in [5.41, 5.74) is 3.70. The Hall–Kier alpha value is -1.09. The van der Waals surface area contributed by atoms with Crippen LogP contribution in [0.5, 0.6) is 0 Å². The van der Waals surface area contributed by atoms with E-state index in [2.05, 4.69) is 48.5 Å². The standard InChI is InChI=1S/C16H24N2S/c1-4-5-6-7-10-13(3)18-14-11-8-9-12(2)15(14)17-16(18)19/h8-9,11,13H,4-7,10H2,1-3H3,(H,17,19). The van der Waals surface area contributed by atoms with Gasteiger partial charge in [-0.1, -0.05) is 44.7 Å². The number of aromatic nitrogens is 2. The van der Waals surface area contributed by atoms with Crippen molar-refractivity contribution in [2.45, 2.75) is 58.9 Å². The van der Waals surface area contributed by atoms with Gasteiger partial charge < -0.3 is 9.55 Å². The number of para-hydroxylation sites is 1. The van der Waals surface area contributed by atoms with E-state index in [0.29, 0.717) is 6.04 Å². The molecule has 0 fully saturated rings. The molecule has 2 rings (SSSR count). The van der Waals surface area contributed by atoms with E-state index < -0.39 is 0 Å². The third-order valence-electron chi connectivity index (χ3n) is 3.88. The van der Waals surface area contributed by atoms with Crippen LogP contribution in [0.2, 0.25) is 0 Å². The Morgan fingerprint density at radius 2 is 2.05 bits per heavy atom. The molecule has 0 bridgehead atoms. The molecule has 1 aromatic carbocycles. The third-order valence-corrected chi connectivity index (χ3v) is 4.18. The van der Waals surface area contributed by atoms with Crippen molar-refractivity contribution in [2.24, 2.45) is 0 Å². The van der Waals surface area contributed by atoms with Crippen LogP contribution in [-0.4, -0.2) is 9.55 Å². The molecule has 0 aliphatic carbocycles. The van der Waals surface area contributed by atoms with E-state index in [-0.39, 0.29) is 0 Å². The molecule has 2 nitrogen and oxygen atoms in total. The van der Waals surface area contributed by atoms with Crippen LogP contribution in [-0.2, 0) is 0 Å². The van der Waals surface area contributed by atoms with Crippen LogP contribution in [0.3, 0.4) is 0 Å². The molecule has 1 heterocycles. The summed E-state index contributed by atoms with van der Waals surface area (Å²) in [7, 11) is 0. The van der Waals surface area contributed by atoms with Gasteiger partial charge in [-0.2, -0.15) is 0 Å². The van der Waals surface area contributed by atoms with E-state index in [4.69, 9.17) is 12.2 Å². The van der Waals surface area contributed by atoms with Crippen LogP contribution in [0.25, 0.3) is 11.0 Å². The predicted octanol–water partition coefficient (Wildman–Crippen LogP) is 5.54. The van der Waals surface area contributed by atoms with Crippen molar-refractivity contribution in [3.05, 3.63) is 28.5 Å². The maximum absolute atomic E-state index is 5.50. The largest absolute Gasteiger partial charge is 0.330 e. The Balaban J connectivity index is 2.22. The zero-order chi connectivity index (χ0) is 13.8. The van der Waals surface area contributed by atoms with Crippen LogP contribution in [0.15, 0.2) is 18.2 Å². The Labute approximate surface area is 120 Å². The number of aryl methyl sites for hydroxylation is 1. The van der Waals surface area contributed by atoms with Gasteiger partial charge in [-0.25, -0.2) is 0 Å². The fourth-order valence-electron chi connectivity index (χ4n) is 2.73. The summed E-state index contributed by atoms with van der Waals surface area (Å²) in [6.45, 7) is 6.66. The molecule has 0 saturated carbocycles. The van der Waals surface area contributed by atoms with E-state index in [1.54, 1.807) is 0 Å². The van der Waals surface area contributed by atoms with Gasteiger partial charge >= 0.3 is 0 Å². The number of aromatic amines is 1. The highest BCUT2D eigenvalue weighted by Crippen LogP contribution is 2.24. The second-order valence-electron chi connectivity index (χ2n) is 5.47. The minimum absolute atomic E-state index is 0.472. The van der Waals surface area contributed by atoms with Gasteiger partial charge in [0.05, 0.1) is 11.0 Å². The van der Waals surface area contributed by atoms with Crippen LogP contribution in [0, 0.1) is 11.7 Å². The lowest BCUT2D eigenvalue weighted by atomic mass is 10.1. The molecule has 1 unspecified atom stereocenters. The average Bonchev–Trinajstić information content (AvgIpc) is 2.72. The van der Waals surface area contributed by atoms with Gasteiger partial charge in [0.25, 0.3) is 0 Å². The Kier molecular flexibility index (Phi) is 4.81. The van der Waals surface area contributed by atoms with Crippen molar-refractivity contribution in [1.29, 1.82) is 0 Å². The number of hydrogen-bond donors (Lipinski definition) is 1. The number of H-pyrrole nitrogens is 1. The Bertz CT molecular complexity index is 594. The molecule has 0 radical (unpaired) electrons. The zero-order valence-corrected chi connectivity index (χ0v) is 13.0. The number of nitrogens with zero attached hydrogens (tertiary/aromatic N) is 1. The Morgan fingerprint density at radius 1 is 1.26 bits per heavy atom. The molecule has 0 amide bonds. The molecule has 2 aromatic rings. The van der Waals surface area contributed by atoms with Crippen molar-refractivity contribution in [2.75, 3.05) is 0 Å². The highest BCUT2D eigenvalue weighted by molar-refractivity contribution is 7.71. The number of imidazole rings is 1. The molecule has 0 aliphatic heterocycles. The highest BCUT2D eigenvalue weighted by Gasteiger charge is 2.11. The van der Waals surface area contributed by atoms with Gasteiger partial charge in [0.15, 0.2) is 4.77 Å². The molecule has 0 saturated heterocycles. The molecule has 0 aliphatic rings. The minimum atomic E-state index is 0.472. The SMILES string of the molecule is CCCCCCC(C)n1c(=S)[nH]c2c(C)cccc21. The van der Waals surface area contributed by atoms with Gasteiger partial charge in [-0.15, -0.1) is 0 Å². The summed E-state index contributed by atoms with van der Waals surface area (Å²) < 4.78 is 3.14. The number of fused-ring (bicyclic) bond motifs is 1. The summed E-state index contributed by atoms with van der Waals surface area (Å²) in [5.74, 6) is 0. The minimum Gasteiger partial charge on any atom is -0.330 e. The molecule has 1 N–H and O–H groups in total. The predicted molar refractivity (Wildman–Crippen MR) is 85.3 cm³/mol. The molecule has 1 atom stereocenters. The number of nitrogens with one attached hydrogen (secondary N) is 1. The third kappa shape index (κ3) is 3.08. The first kappa shape index (κ1) is 14.3. The second-order valence-corrected chi connectivity index (χ2v) is 5.85. The smallest absolute Gasteiger partial charge is 0.178 e. The summed E-state index contributed by atoms with van der Waals surface area (Å²) in [6.07, 6.45) is 6.45. The molecular weight excluding hydrogens is 252 g/mol. The quantitative estimate of drug-likeness (QED) is 0.542. The summed E-state index contributed by atoms with van der Waals surface area (Å²) in [4.78, 5) is 3.36. The van der Waals surface area contributed by atoms with Gasteiger partial charge in [0, 0.05) is 6.04 Å². The topological polar surface area (TPSA) is 20.7 Å². The maximum Gasteiger partial charge on any atom is 0.178 e. The van der Waals surface area contributed by atoms with E-state index >= 15 is 0 Å². The van der Waals surface area contributed by atoms with E-state index in [9.17, 15) is 0 Å². The van der Waals surface area contributed by atoms with E-state index in [1.165, 1.54) is 48.7 Å². The average molecular weight is 276 g/mol. The van der Waals surface area contributed by atoms with Crippen LogP contribution >= 0.6 is 12.2 Å². The van der Waals surface area contributed by atoms with Crippen molar-refractivity contribution >= 4 is 23.3 Å². The van der Waals surface area contributed by atoms with Gasteiger partial charge in [-0.05, 0) is 44.1 Å². The van der Waals surface area contributed by atoms with E-state index in [0.717, 1.165) is 4.77 Å². The molecule has 3 heteroatoms. The second kappa shape index (κ2) is 6.38. The van der Waals surface area contributed by atoms with Crippen molar-refractivity contribution in [3.8, 4) is 0 Å². The molecule has 0 spiro atoms. The van der Waals surface area contributed by atoms with Crippen LogP contribution < -0.4 is 0 Å². The van der Waals surface area contributed by atoms with Crippen LogP contribution in [0.1, 0.15) is 57.6 Å². The zero-order valence-electron chi connectivity index (χ0n) is 12.2. The van der Waals surface area contributed by atoms with Crippen LogP contribution in [0.4, 0.5) is 0 Å². The van der Waals surface area contributed by atoms with Gasteiger partial charge in [-0.3, -0.25) is 0 Å². The lowest BCUT2D eigenvalue weighted by molar-refractivity contribution is 0.478. The maximum atomic E-state index is 5.50. The number of hydrogen-bond acceptors (Lipinski definition) is 1. The summed E-state index contributed by atoms with van der Waals surface area (Å²) in [6, 6.07) is 6.88.